The molecule has 2 aliphatic heterocycles. The maximum atomic E-state index is 7.18. The van der Waals surface area contributed by atoms with E-state index in [0.29, 0.717) is 18.6 Å². The van der Waals surface area contributed by atoms with E-state index in [1.54, 1.807) is 0 Å². The molecule has 1 saturated heterocycles. The predicted octanol–water partition coefficient (Wildman–Crippen LogP) is 5.77. The van der Waals surface area contributed by atoms with E-state index >= 15 is 0 Å². The lowest BCUT2D eigenvalue weighted by molar-refractivity contribution is -0.283. The Morgan fingerprint density at radius 3 is 2.76 bits per heavy atom. The van der Waals surface area contributed by atoms with Crippen molar-refractivity contribution >= 4 is 6.08 Å². The zero-order valence-corrected chi connectivity index (χ0v) is 22.1. The highest BCUT2D eigenvalue weighted by molar-refractivity contribution is 5.68. The minimum absolute atomic E-state index is 0.0455. The molecule has 0 amide bonds. The Balaban J connectivity index is 1.23. The van der Waals surface area contributed by atoms with Crippen molar-refractivity contribution < 1.29 is 14.2 Å². The summed E-state index contributed by atoms with van der Waals surface area (Å²) < 4.78 is 20.3. The van der Waals surface area contributed by atoms with E-state index in [0.717, 1.165) is 36.7 Å². The van der Waals surface area contributed by atoms with E-state index in [4.69, 9.17) is 14.2 Å². The molecule has 37 heavy (non-hydrogen) atoms. The number of benzene rings is 2. The highest BCUT2D eigenvalue weighted by Crippen LogP contribution is 2.76. The summed E-state index contributed by atoms with van der Waals surface area (Å²) in [5.41, 5.74) is 5.40. The Bertz CT molecular complexity index is 1240. The zero-order chi connectivity index (χ0) is 24.8. The standard InChI is InChI=1S/C33H39NO3/c1-3-24-11-12-25-17-27-31-13-14-33(35-2,26(18-31)21-36-20-23-7-5-4-6-8-23)30-32(31,28(25)29(24)37-30)15-16-34(27)19-22-9-10-22/h3-8,11-12,22,26-27,30H,1,9-10,13-21H2,2H3/t26-,27-,30-,31-,32+,33-/m1/s1. The van der Waals surface area contributed by atoms with Gasteiger partial charge >= 0.3 is 0 Å². The number of piperidine rings is 1. The van der Waals surface area contributed by atoms with Crippen molar-refractivity contribution in [3.8, 4) is 5.75 Å². The molecule has 2 aromatic rings. The van der Waals surface area contributed by atoms with Gasteiger partial charge in [-0.25, -0.2) is 0 Å². The number of methoxy groups -OCH3 is 1. The molecular formula is C33H39NO3. The fourth-order valence-electron chi connectivity index (χ4n) is 9.83. The van der Waals surface area contributed by atoms with Gasteiger partial charge in [0.25, 0.3) is 0 Å². The van der Waals surface area contributed by atoms with Gasteiger partial charge in [0, 0.05) is 47.6 Å². The van der Waals surface area contributed by atoms with Gasteiger partial charge in [-0.3, -0.25) is 4.90 Å². The van der Waals surface area contributed by atoms with Crippen LogP contribution < -0.4 is 4.74 Å². The monoisotopic (exact) mass is 497 g/mol. The second-order valence-corrected chi connectivity index (χ2v) is 12.8. The molecule has 6 atom stereocenters. The summed E-state index contributed by atoms with van der Waals surface area (Å²) in [6.07, 6.45) is 10.7. The first-order valence-electron chi connectivity index (χ1n) is 14.5. The van der Waals surface area contributed by atoms with Gasteiger partial charge in [-0.05, 0) is 68.5 Å². The van der Waals surface area contributed by atoms with Gasteiger partial charge in [0.05, 0.1) is 13.2 Å². The van der Waals surface area contributed by atoms with Gasteiger partial charge in [0.15, 0.2) is 0 Å². The van der Waals surface area contributed by atoms with E-state index in [9.17, 15) is 0 Å². The Hall–Kier alpha value is -2.14. The Morgan fingerprint density at radius 1 is 1.11 bits per heavy atom. The number of hydrogen-bond acceptors (Lipinski definition) is 4. The average Bonchev–Trinajstić information content (AvgIpc) is 3.68. The second kappa shape index (κ2) is 7.94. The summed E-state index contributed by atoms with van der Waals surface area (Å²) in [4.78, 5) is 2.91. The molecule has 7 aliphatic rings. The molecule has 2 heterocycles. The number of likely N-dealkylation sites (tertiary alicyclic amines) is 1. The number of ether oxygens (including phenoxy) is 3. The third-order valence-corrected chi connectivity index (χ3v) is 11.5. The maximum Gasteiger partial charge on any atom is 0.138 e. The van der Waals surface area contributed by atoms with Crippen LogP contribution in [0.15, 0.2) is 49.0 Å². The highest BCUT2D eigenvalue weighted by atomic mass is 16.6. The average molecular weight is 498 g/mol. The van der Waals surface area contributed by atoms with Gasteiger partial charge in [-0.2, -0.15) is 0 Å². The molecule has 194 valence electrons. The minimum Gasteiger partial charge on any atom is -0.485 e. The molecule has 0 radical (unpaired) electrons. The van der Waals surface area contributed by atoms with Gasteiger partial charge < -0.3 is 14.2 Å². The van der Waals surface area contributed by atoms with Crippen LogP contribution in [0, 0.1) is 17.3 Å². The zero-order valence-electron chi connectivity index (χ0n) is 22.1. The number of rotatable bonds is 8. The molecule has 9 rings (SSSR count). The van der Waals surface area contributed by atoms with Gasteiger partial charge in [0.2, 0.25) is 0 Å². The molecule has 2 spiro atoms. The predicted molar refractivity (Wildman–Crippen MR) is 145 cm³/mol. The van der Waals surface area contributed by atoms with Crippen molar-refractivity contribution in [3.63, 3.8) is 0 Å². The normalized spacial score (nSPS) is 38.8. The molecule has 0 unspecified atom stereocenters. The third-order valence-electron chi connectivity index (χ3n) is 11.5. The van der Waals surface area contributed by atoms with E-state index in [1.807, 2.05) is 13.2 Å². The fraction of sp³-hybridized carbons (Fsp3) is 0.576. The lowest BCUT2D eigenvalue weighted by atomic mass is 9.35. The first kappa shape index (κ1) is 22.8. The van der Waals surface area contributed by atoms with Crippen molar-refractivity contribution in [1.82, 2.24) is 4.90 Å². The maximum absolute atomic E-state index is 7.18. The molecule has 5 fully saturated rings. The number of fused-ring (bicyclic) bond motifs is 2. The van der Waals surface area contributed by atoms with Crippen molar-refractivity contribution in [2.24, 2.45) is 17.3 Å². The molecule has 4 nitrogen and oxygen atoms in total. The van der Waals surface area contributed by atoms with E-state index in [1.165, 1.54) is 61.9 Å². The quantitative estimate of drug-likeness (QED) is 0.463. The Labute approximate surface area is 221 Å². The number of hydrogen-bond donors (Lipinski definition) is 0. The smallest absolute Gasteiger partial charge is 0.138 e. The molecule has 0 aromatic heterocycles. The van der Waals surface area contributed by atoms with Crippen LogP contribution in [-0.4, -0.2) is 49.5 Å². The van der Waals surface area contributed by atoms with Crippen molar-refractivity contribution in [3.05, 3.63) is 71.3 Å². The highest BCUT2D eigenvalue weighted by Gasteiger charge is 2.80. The lowest BCUT2D eigenvalue weighted by Crippen LogP contribution is -2.81. The molecule has 4 saturated carbocycles. The summed E-state index contributed by atoms with van der Waals surface area (Å²) in [6.45, 7) is 8.01. The summed E-state index contributed by atoms with van der Waals surface area (Å²) in [5, 5.41) is 0. The third kappa shape index (κ3) is 2.85. The fourth-order valence-corrected chi connectivity index (χ4v) is 9.83. The van der Waals surface area contributed by atoms with E-state index in [-0.39, 0.29) is 22.5 Å². The van der Waals surface area contributed by atoms with Crippen LogP contribution in [0.25, 0.3) is 6.08 Å². The van der Waals surface area contributed by atoms with Crippen LogP contribution in [0.2, 0.25) is 0 Å². The molecule has 0 N–H and O–H groups in total. The van der Waals surface area contributed by atoms with Gasteiger partial charge in [-0.1, -0.05) is 55.1 Å². The summed E-state index contributed by atoms with van der Waals surface area (Å²) >= 11 is 0. The first-order valence-corrected chi connectivity index (χ1v) is 14.5. The largest absolute Gasteiger partial charge is 0.485 e. The van der Waals surface area contributed by atoms with Crippen LogP contribution in [0.5, 0.6) is 5.75 Å². The molecular weight excluding hydrogens is 458 g/mol. The van der Waals surface area contributed by atoms with Crippen LogP contribution in [0.1, 0.15) is 60.8 Å². The lowest BCUT2D eigenvalue weighted by Gasteiger charge is -2.74. The van der Waals surface area contributed by atoms with Crippen molar-refractivity contribution in [2.75, 3.05) is 26.8 Å². The van der Waals surface area contributed by atoms with Crippen molar-refractivity contribution in [2.45, 2.75) is 74.7 Å². The molecule has 4 bridgehead atoms. The van der Waals surface area contributed by atoms with Crippen LogP contribution in [0.3, 0.4) is 0 Å². The summed E-state index contributed by atoms with van der Waals surface area (Å²) in [6, 6.07) is 15.8. The van der Waals surface area contributed by atoms with E-state index < -0.39 is 0 Å². The van der Waals surface area contributed by atoms with Gasteiger partial charge in [-0.15, -0.1) is 0 Å². The van der Waals surface area contributed by atoms with Crippen LogP contribution in [0.4, 0.5) is 0 Å². The SMILES string of the molecule is C=Cc1ccc2c3c1O[C@H]1[C@@]4(OC)CC[C@@]5(C[C@@H]4COCc4ccccc4)[C@@H](C2)N(CC2CC2)CC[C@]315. The Morgan fingerprint density at radius 2 is 1.97 bits per heavy atom. The van der Waals surface area contributed by atoms with Gasteiger partial charge in [0.1, 0.15) is 17.5 Å². The van der Waals surface area contributed by atoms with Crippen LogP contribution in [-0.2, 0) is 27.9 Å². The molecule has 2 aromatic carbocycles. The molecule has 5 aliphatic carbocycles. The topological polar surface area (TPSA) is 30.9 Å². The molecule has 4 heteroatoms. The summed E-state index contributed by atoms with van der Waals surface area (Å²) in [5.74, 6) is 2.36. The van der Waals surface area contributed by atoms with Crippen LogP contribution >= 0.6 is 0 Å². The first-order chi connectivity index (χ1) is 18.1. The van der Waals surface area contributed by atoms with Crippen molar-refractivity contribution in [1.29, 1.82) is 0 Å². The minimum atomic E-state index is -0.312. The van der Waals surface area contributed by atoms with E-state index in [2.05, 4.69) is 53.9 Å². The Kier molecular flexibility index (Phi) is 4.89. The number of nitrogens with zero attached hydrogens (tertiary/aromatic N) is 1. The summed E-state index contributed by atoms with van der Waals surface area (Å²) in [7, 11) is 1.93. The second-order valence-electron chi connectivity index (χ2n) is 12.8.